The Labute approximate surface area is 76.1 Å². The number of rotatable bonds is 2. The normalized spacial score (nSPS) is 24.4. The second-order valence-corrected chi connectivity index (χ2v) is 3.02. The second-order valence-electron chi connectivity index (χ2n) is 3.02. The summed E-state index contributed by atoms with van der Waals surface area (Å²) in [6.07, 6.45) is 0. The standard InChI is InChI=1S/C11H13N/c1-9-8-12(9)10(2)11-6-4-3-5-7-11/h3-7,10H,1,8H2,2H3/t10-,12?/m0/s1/i8D2. The Morgan fingerprint density at radius 3 is 2.58 bits per heavy atom. The summed E-state index contributed by atoms with van der Waals surface area (Å²) in [5.41, 5.74) is 1.70. The van der Waals surface area contributed by atoms with Crippen LogP contribution < -0.4 is 0 Å². The van der Waals surface area contributed by atoms with Gasteiger partial charge in [0.1, 0.15) is 0 Å². The largest absolute Gasteiger partial charge is 0.361 e. The minimum atomic E-state index is -1.31. The fourth-order valence-electron chi connectivity index (χ4n) is 1.33. The molecule has 1 saturated heterocycles. The highest BCUT2D eigenvalue weighted by atomic mass is 15.3. The highest BCUT2D eigenvalue weighted by Crippen LogP contribution is 2.32. The van der Waals surface area contributed by atoms with E-state index in [1.165, 1.54) is 0 Å². The molecule has 0 spiro atoms. The van der Waals surface area contributed by atoms with E-state index in [0.29, 0.717) is 5.70 Å². The lowest BCUT2D eigenvalue weighted by atomic mass is 10.1. The number of hydrogen-bond acceptors (Lipinski definition) is 1. The average molecular weight is 161 g/mol. The third-order valence-electron chi connectivity index (χ3n) is 2.16. The van der Waals surface area contributed by atoms with E-state index in [0.717, 1.165) is 5.56 Å². The van der Waals surface area contributed by atoms with Gasteiger partial charge in [0.15, 0.2) is 0 Å². The summed E-state index contributed by atoms with van der Waals surface area (Å²) >= 11 is 0. The topological polar surface area (TPSA) is 3.01 Å². The molecule has 0 saturated carbocycles. The molecule has 2 rings (SSSR count). The van der Waals surface area contributed by atoms with Crippen molar-refractivity contribution >= 4 is 0 Å². The molecule has 12 heavy (non-hydrogen) atoms. The Bertz CT molecular complexity index is 359. The van der Waals surface area contributed by atoms with Gasteiger partial charge in [-0.25, -0.2) is 0 Å². The molecule has 1 aliphatic rings. The third-order valence-corrected chi connectivity index (χ3v) is 2.16. The van der Waals surface area contributed by atoms with Crippen molar-refractivity contribution in [3.05, 3.63) is 48.2 Å². The monoisotopic (exact) mass is 161 g/mol. The zero-order valence-corrected chi connectivity index (χ0v) is 7.12. The fourth-order valence-corrected chi connectivity index (χ4v) is 1.33. The van der Waals surface area contributed by atoms with Gasteiger partial charge in [-0.1, -0.05) is 36.9 Å². The lowest BCUT2D eigenvalue weighted by molar-refractivity contribution is 0.464. The van der Waals surface area contributed by atoms with Gasteiger partial charge >= 0.3 is 0 Å². The van der Waals surface area contributed by atoms with Crippen LogP contribution in [-0.4, -0.2) is 11.4 Å². The molecule has 1 heterocycles. The molecule has 0 unspecified atom stereocenters. The van der Waals surface area contributed by atoms with E-state index < -0.39 is 6.50 Å². The first-order chi connectivity index (χ1) is 6.55. The van der Waals surface area contributed by atoms with Crippen LogP contribution in [-0.2, 0) is 0 Å². The van der Waals surface area contributed by atoms with Crippen molar-refractivity contribution in [3.63, 3.8) is 0 Å². The van der Waals surface area contributed by atoms with Crippen molar-refractivity contribution in [2.75, 3.05) is 6.50 Å². The molecule has 0 aromatic heterocycles. The predicted octanol–water partition coefficient (Wildman–Crippen LogP) is 2.58. The number of benzene rings is 1. The van der Waals surface area contributed by atoms with Gasteiger partial charge in [-0.2, -0.15) is 0 Å². The first-order valence-electron chi connectivity index (χ1n) is 5.09. The van der Waals surface area contributed by atoms with Crippen molar-refractivity contribution in [3.8, 4) is 0 Å². The molecular formula is C11H13N. The summed E-state index contributed by atoms with van der Waals surface area (Å²) in [7, 11) is 0. The molecule has 0 aliphatic carbocycles. The van der Waals surface area contributed by atoms with Crippen LogP contribution >= 0.6 is 0 Å². The molecule has 0 radical (unpaired) electrons. The van der Waals surface area contributed by atoms with Gasteiger partial charge < -0.3 is 4.90 Å². The summed E-state index contributed by atoms with van der Waals surface area (Å²) in [4.78, 5) is 1.70. The SMILES string of the molecule is [2H]C1([2H])C(=C)N1[C@@H](C)c1ccccc1. The van der Waals surface area contributed by atoms with Crippen molar-refractivity contribution in [2.24, 2.45) is 0 Å². The Kier molecular flexibility index (Phi) is 1.20. The highest BCUT2D eigenvalue weighted by molar-refractivity contribution is 5.25. The lowest BCUT2D eigenvalue weighted by Gasteiger charge is -2.12. The molecule has 0 N–H and O–H groups in total. The summed E-state index contributed by atoms with van der Waals surface area (Å²) in [5, 5.41) is 0. The van der Waals surface area contributed by atoms with Crippen LogP contribution in [0.2, 0.25) is 0 Å². The molecule has 1 fully saturated rings. The van der Waals surface area contributed by atoms with Crippen LogP contribution in [0.4, 0.5) is 0 Å². The van der Waals surface area contributed by atoms with Crippen molar-refractivity contribution in [2.45, 2.75) is 13.0 Å². The summed E-state index contributed by atoms with van der Waals surface area (Å²) in [6, 6.07) is 9.97. The minimum Gasteiger partial charge on any atom is -0.361 e. The fraction of sp³-hybridized carbons (Fsp3) is 0.273. The van der Waals surface area contributed by atoms with Crippen LogP contribution in [0, 0.1) is 0 Å². The molecule has 62 valence electrons. The van der Waals surface area contributed by atoms with E-state index in [1.807, 2.05) is 37.3 Å². The van der Waals surface area contributed by atoms with Crippen LogP contribution in [0.5, 0.6) is 0 Å². The summed E-state index contributed by atoms with van der Waals surface area (Å²) < 4.78 is 15.2. The minimum absolute atomic E-state index is 0.0682. The van der Waals surface area contributed by atoms with E-state index in [9.17, 15) is 0 Å². The van der Waals surface area contributed by atoms with Crippen molar-refractivity contribution in [1.29, 1.82) is 0 Å². The molecule has 1 aromatic carbocycles. The molecule has 1 aromatic rings. The Balaban J connectivity index is 2.20. The van der Waals surface area contributed by atoms with Gasteiger partial charge in [-0.3, -0.25) is 0 Å². The third kappa shape index (κ3) is 1.22. The first kappa shape index (κ1) is 5.41. The zero-order valence-electron chi connectivity index (χ0n) is 9.12. The van der Waals surface area contributed by atoms with Crippen molar-refractivity contribution in [1.82, 2.24) is 4.90 Å². The smallest absolute Gasteiger partial charge is 0.0576 e. The highest BCUT2D eigenvalue weighted by Gasteiger charge is 2.28. The quantitative estimate of drug-likeness (QED) is 0.602. The Hall–Kier alpha value is -1.24. The van der Waals surface area contributed by atoms with Crippen LogP contribution in [0.25, 0.3) is 0 Å². The van der Waals surface area contributed by atoms with E-state index in [-0.39, 0.29) is 6.04 Å². The molecule has 0 bridgehead atoms. The second kappa shape index (κ2) is 2.67. The Morgan fingerprint density at radius 1 is 1.50 bits per heavy atom. The van der Waals surface area contributed by atoms with Gasteiger partial charge in [-0.05, 0) is 12.5 Å². The molecule has 1 atom stereocenters. The molecule has 1 nitrogen and oxygen atoms in total. The van der Waals surface area contributed by atoms with Gasteiger partial charge in [0.25, 0.3) is 0 Å². The Morgan fingerprint density at radius 2 is 2.08 bits per heavy atom. The van der Waals surface area contributed by atoms with Crippen molar-refractivity contribution < 1.29 is 2.74 Å². The maximum atomic E-state index is 7.58. The van der Waals surface area contributed by atoms with E-state index >= 15 is 0 Å². The number of nitrogens with zero attached hydrogens (tertiary/aromatic N) is 1. The number of hydrogen-bond donors (Lipinski definition) is 0. The van der Waals surface area contributed by atoms with Gasteiger partial charge in [0, 0.05) is 5.70 Å². The van der Waals surface area contributed by atoms with Gasteiger partial charge in [0.05, 0.1) is 15.3 Å². The summed E-state index contributed by atoms with van der Waals surface area (Å²) in [6.45, 7) is 4.38. The van der Waals surface area contributed by atoms with E-state index in [1.54, 1.807) is 4.90 Å². The van der Waals surface area contributed by atoms with Gasteiger partial charge in [0.2, 0.25) is 0 Å². The van der Waals surface area contributed by atoms with E-state index in [4.69, 9.17) is 2.74 Å². The lowest BCUT2D eigenvalue weighted by Crippen LogP contribution is -2.03. The van der Waals surface area contributed by atoms with Crippen LogP contribution in [0.3, 0.4) is 0 Å². The molecule has 0 amide bonds. The molecule has 1 aliphatic heterocycles. The summed E-state index contributed by atoms with van der Waals surface area (Å²) in [5.74, 6) is 0. The maximum Gasteiger partial charge on any atom is 0.0576 e. The van der Waals surface area contributed by atoms with Crippen LogP contribution in [0.1, 0.15) is 21.3 Å². The van der Waals surface area contributed by atoms with Gasteiger partial charge in [-0.15, -0.1) is 0 Å². The maximum absolute atomic E-state index is 7.58. The molecular weight excluding hydrogens is 146 g/mol. The molecule has 1 heteroatoms. The first-order valence-corrected chi connectivity index (χ1v) is 4.09. The zero-order chi connectivity index (χ0) is 10.3. The van der Waals surface area contributed by atoms with Crippen LogP contribution in [0.15, 0.2) is 42.6 Å². The average Bonchev–Trinajstić information content (AvgIpc) is 2.67. The predicted molar refractivity (Wildman–Crippen MR) is 50.7 cm³/mol. The van der Waals surface area contributed by atoms with E-state index in [2.05, 4.69) is 6.58 Å².